The lowest BCUT2D eigenvalue weighted by Crippen LogP contribution is -2.33. The van der Waals surface area contributed by atoms with Gasteiger partial charge < -0.3 is 4.90 Å². The standard InChI is InChI=1S/C9H13N9O2S/c1-17(2)7-12-6(15-10)13-8(14-7)21-9-11-4(19)5(20)16-18(9)3/h10H2,1-3H3,(H,16,20)(H,12,13,14,15). The fraction of sp³-hybridized carbons (Fsp3) is 0.333. The number of rotatable bonds is 4. The molecule has 0 bridgehead atoms. The first kappa shape index (κ1) is 14.9. The maximum Gasteiger partial charge on any atom is 0.339 e. The van der Waals surface area contributed by atoms with E-state index in [1.807, 2.05) is 0 Å². The summed E-state index contributed by atoms with van der Waals surface area (Å²) in [5, 5.41) is 2.85. The average Bonchev–Trinajstić information content (AvgIpc) is 2.44. The maximum absolute atomic E-state index is 11.3. The molecule has 0 saturated carbocycles. The smallest absolute Gasteiger partial charge is 0.339 e. The predicted octanol–water partition coefficient (Wildman–Crippen LogP) is -1.84. The van der Waals surface area contributed by atoms with Crippen molar-refractivity contribution in [2.45, 2.75) is 10.3 Å². The van der Waals surface area contributed by atoms with Gasteiger partial charge in [0.05, 0.1) is 0 Å². The van der Waals surface area contributed by atoms with Crippen LogP contribution in [0.2, 0.25) is 0 Å². The number of hydrogen-bond donors (Lipinski definition) is 3. The van der Waals surface area contributed by atoms with Crippen LogP contribution in [-0.4, -0.2) is 43.8 Å². The number of aryl methyl sites for hydroxylation is 1. The van der Waals surface area contributed by atoms with Crippen LogP contribution in [0.25, 0.3) is 0 Å². The molecule has 11 nitrogen and oxygen atoms in total. The molecule has 21 heavy (non-hydrogen) atoms. The van der Waals surface area contributed by atoms with Crippen molar-refractivity contribution in [3.05, 3.63) is 20.7 Å². The quantitative estimate of drug-likeness (QED) is 0.334. The largest absolute Gasteiger partial charge is 0.347 e. The average molecular weight is 311 g/mol. The molecule has 0 aliphatic heterocycles. The summed E-state index contributed by atoms with van der Waals surface area (Å²) in [6.45, 7) is 0. The molecule has 12 heteroatoms. The van der Waals surface area contributed by atoms with Crippen molar-refractivity contribution in [2.24, 2.45) is 12.9 Å². The summed E-state index contributed by atoms with van der Waals surface area (Å²) < 4.78 is 1.31. The number of anilines is 2. The van der Waals surface area contributed by atoms with Gasteiger partial charge in [0.15, 0.2) is 5.16 Å². The summed E-state index contributed by atoms with van der Waals surface area (Å²) in [6.07, 6.45) is 0. The number of nitrogens with one attached hydrogen (secondary N) is 2. The minimum absolute atomic E-state index is 0.172. The summed E-state index contributed by atoms with van der Waals surface area (Å²) in [7, 11) is 5.07. The molecule has 2 heterocycles. The van der Waals surface area contributed by atoms with Gasteiger partial charge in [0.25, 0.3) is 0 Å². The molecule has 0 amide bonds. The molecule has 0 unspecified atom stereocenters. The fourth-order valence-corrected chi connectivity index (χ4v) is 2.02. The van der Waals surface area contributed by atoms with E-state index in [0.29, 0.717) is 5.95 Å². The molecule has 2 rings (SSSR count). The van der Waals surface area contributed by atoms with E-state index < -0.39 is 11.1 Å². The van der Waals surface area contributed by atoms with Crippen LogP contribution in [0.15, 0.2) is 19.9 Å². The Morgan fingerprint density at radius 1 is 1.24 bits per heavy atom. The van der Waals surface area contributed by atoms with Gasteiger partial charge >= 0.3 is 11.1 Å². The Labute approximate surface area is 122 Å². The Balaban J connectivity index is 2.44. The van der Waals surface area contributed by atoms with E-state index in [2.05, 4.69) is 30.5 Å². The highest BCUT2D eigenvalue weighted by atomic mass is 32.2. The minimum Gasteiger partial charge on any atom is -0.347 e. The van der Waals surface area contributed by atoms with Gasteiger partial charge in [-0.05, 0) is 11.8 Å². The van der Waals surface area contributed by atoms with Gasteiger partial charge in [-0.1, -0.05) is 0 Å². The van der Waals surface area contributed by atoms with Gasteiger partial charge in [-0.25, -0.2) is 5.84 Å². The van der Waals surface area contributed by atoms with Crippen molar-refractivity contribution in [3.63, 3.8) is 0 Å². The van der Waals surface area contributed by atoms with Crippen LogP contribution in [0.5, 0.6) is 0 Å². The number of H-pyrrole nitrogens is 1. The summed E-state index contributed by atoms with van der Waals surface area (Å²) >= 11 is 0.995. The summed E-state index contributed by atoms with van der Waals surface area (Å²) in [5.74, 6) is 5.86. The molecule has 2 aromatic rings. The monoisotopic (exact) mass is 311 g/mol. The molecule has 0 atom stereocenters. The molecule has 0 aliphatic carbocycles. The van der Waals surface area contributed by atoms with Crippen LogP contribution in [0, 0.1) is 0 Å². The van der Waals surface area contributed by atoms with Gasteiger partial charge in [-0.2, -0.15) is 19.9 Å². The van der Waals surface area contributed by atoms with E-state index in [0.717, 1.165) is 11.8 Å². The molecule has 0 radical (unpaired) electrons. The van der Waals surface area contributed by atoms with Crippen molar-refractivity contribution in [2.75, 3.05) is 24.4 Å². The van der Waals surface area contributed by atoms with Crippen LogP contribution < -0.4 is 27.3 Å². The predicted molar refractivity (Wildman–Crippen MR) is 76.2 cm³/mol. The number of hydrogen-bond acceptors (Lipinski definition) is 10. The van der Waals surface area contributed by atoms with E-state index in [-0.39, 0.29) is 16.3 Å². The molecule has 2 aromatic heterocycles. The van der Waals surface area contributed by atoms with Gasteiger partial charge in [0, 0.05) is 21.1 Å². The first-order valence-electron chi connectivity index (χ1n) is 5.66. The van der Waals surface area contributed by atoms with Crippen LogP contribution in [0.3, 0.4) is 0 Å². The van der Waals surface area contributed by atoms with E-state index in [4.69, 9.17) is 5.84 Å². The number of nitrogens with two attached hydrogens (primary N) is 1. The Morgan fingerprint density at radius 3 is 2.57 bits per heavy atom. The third kappa shape index (κ3) is 3.35. The van der Waals surface area contributed by atoms with Crippen LogP contribution in [-0.2, 0) is 7.05 Å². The second-order valence-electron chi connectivity index (χ2n) is 4.08. The number of nitrogen functional groups attached to an aromatic ring is 1. The second kappa shape index (κ2) is 5.88. The van der Waals surface area contributed by atoms with Crippen LogP contribution in [0.1, 0.15) is 0 Å². The van der Waals surface area contributed by atoms with E-state index in [1.165, 1.54) is 4.68 Å². The Kier molecular flexibility index (Phi) is 4.18. The molecule has 4 N–H and O–H groups in total. The molecular formula is C9H13N9O2S. The maximum atomic E-state index is 11.3. The molecule has 0 spiro atoms. The highest BCUT2D eigenvalue weighted by molar-refractivity contribution is 7.99. The van der Waals surface area contributed by atoms with E-state index >= 15 is 0 Å². The van der Waals surface area contributed by atoms with Crippen LogP contribution in [0.4, 0.5) is 11.9 Å². The van der Waals surface area contributed by atoms with Crippen molar-refractivity contribution < 1.29 is 0 Å². The first-order valence-corrected chi connectivity index (χ1v) is 6.47. The SMILES string of the molecule is CN(C)c1nc(NN)nc(Sc2nc(=O)c(=O)[nH]n2C)n1. The van der Waals surface area contributed by atoms with Gasteiger partial charge in [0.2, 0.25) is 17.1 Å². The van der Waals surface area contributed by atoms with Crippen molar-refractivity contribution in [1.29, 1.82) is 0 Å². The number of aromatic nitrogens is 6. The Bertz CT molecular complexity index is 769. The zero-order valence-corrected chi connectivity index (χ0v) is 12.3. The zero-order chi connectivity index (χ0) is 15.6. The molecular weight excluding hydrogens is 298 g/mol. The fourth-order valence-electron chi connectivity index (χ4n) is 1.29. The third-order valence-corrected chi connectivity index (χ3v) is 3.18. The summed E-state index contributed by atoms with van der Waals surface area (Å²) in [5.41, 5.74) is 0.659. The lowest BCUT2D eigenvalue weighted by molar-refractivity contribution is 0.595. The second-order valence-corrected chi connectivity index (χ2v) is 5.02. The van der Waals surface area contributed by atoms with E-state index in [1.54, 1.807) is 26.0 Å². The molecule has 0 fully saturated rings. The summed E-state index contributed by atoms with van der Waals surface area (Å²) in [6, 6.07) is 0. The lowest BCUT2D eigenvalue weighted by Gasteiger charge is -2.12. The van der Waals surface area contributed by atoms with Crippen molar-refractivity contribution >= 4 is 23.7 Å². The minimum atomic E-state index is -0.880. The van der Waals surface area contributed by atoms with E-state index in [9.17, 15) is 9.59 Å². The third-order valence-electron chi connectivity index (χ3n) is 2.26. The highest BCUT2D eigenvalue weighted by Crippen LogP contribution is 2.22. The highest BCUT2D eigenvalue weighted by Gasteiger charge is 2.12. The lowest BCUT2D eigenvalue weighted by atomic mass is 10.8. The van der Waals surface area contributed by atoms with Crippen molar-refractivity contribution in [3.8, 4) is 0 Å². The molecule has 0 aliphatic rings. The van der Waals surface area contributed by atoms with Gasteiger partial charge in [0.1, 0.15) is 0 Å². The zero-order valence-electron chi connectivity index (χ0n) is 11.5. The van der Waals surface area contributed by atoms with Gasteiger partial charge in [-0.3, -0.25) is 24.8 Å². The van der Waals surface area contributed by atoms with Crippen LogP contribution >= 0.6 is 11.8 Å². The molecule has 112 valence electrons. The van der Waals surface area contributed by atoms with Crippen molar-refractivity contribution in [1.82, 2.24) is 29.7 Å². The topological polar surface area (TPSA) is 148 Å². The number of nitrogens with zero attached hydrogens (tertiary/aromatic N) is 6. The number of aromatic amines is 1. The Hall–Kier alpha value is -2.47. The first-order chi connectivity index (χ1) is 9.90. The Morgan fingerprint density at radius 2 is 1.95 bits per heavy atom. The summed E-state index contributed by atoms with van der Waals surface area (Å²) in [4.78, 5) is 40.1. The number of hydrazine groups is 1. The normalized spacial score (nSPS) is 10.5. The van der Waals surface area contributed by atoms with Gasteiger partial charge in [-0.15, -0.1) is 0 Å². The molecule has 0 aromatic carbocycles. The molecule has 0 saturated heterocycles.